The number of nitrogens with zero attached hydrogens (tertiary/aromatic N) is 1. The van der Waals surface area contributed by atoms with Gasteiger partial charge in [0.05, 0.1) is 17.9 Å². The fourth-order valence-corrected chi connectivity index (χ4v) is 4.56. The number of halogens is 1. The van der Waals surface area contributed by atoms with Crippen LogP contribution in [0.4, 0.5) is 0 Å². The maximum absolute atomic E-state index is 12.3. The molecule has 1 aliphatic heterocycles. The summed E-state index contributed by atoms with van der Waals surface area (Å²) >= 11 is 5.93. The lowest BCUT2D eigenvalue weighted by Gasteiger charge is -2.26. The fraction of sp³-hybridized carbons (Fsp3) is 0.600. The van der Waals surface area contributed by atoms with Crippen molar-refractivity contribution in [3.63, 3.8) is 0 Å². The Balaban J connectivity index is 2.14. The average molecular weight is 347 g/mol. The van der Waals surface area contributed by atoms with E-state index in [1.54, 1.807) is 6.92 Å². The quantitative estimate of drug-likeness (QED) is 0.856. The summed E-state index contributed by atoms with van der Waals surface area (Å²) in [5.41, 5.74) is 1.07. The molecule has 0 spiro atoms. The van der Waals surface area contributed by atoms with Gasteiger partial charge in [0.2, 0.25) is 10.0 Å². The summed E-state index contributed by atoms with van der Waals surface area (Å²) in [5, 5.41) is 0.676. The van der Waals surface area contributed by atoms with Crippen molar-refractivity contribution in [2.45, 2.75) is 31.5 Å². The van der Waals surface area contributed by atoms with Crippen LogP contribution in [0.1, 0.15) is 24.9 Å². The monoisotopic (exact) mass is 346 g/mol. The summed E-state index contributed by atoms with van der Waals surface area (Å²) in [7, 11) is 0.143. The zero-order chi connectivity index (χ0) is 16.3. The van der Waals surface area contributed by atoms with Crippen molar-refractivity contribution in [2.24, 2.45) is 0 Å². The van der Waals surface area contributed by atoms with E-state index in [1.165, 1.54) is 7.11 Å². The first-order valence-electron chi connectivity index (χ1n) is 7.31. The number of hydrogen-bond acceptors (Lipinski definition) is 4. The maximum Gasteiger partial charge on any atom is 0.214 e. The molecule has 0 saturated carbocycles. The molecule has 0 amide bonds. The lowest BCUT2D eigenvalue weighted by molar-refractivity contribution is 0.136. The Morgan fingerprint density at radius 3 is 2.64 bits per heavy atom. The lowest BCUT2D eigenvalue weighted by atomic mass is 10.0. The summed E-state index contributed by atoms with van der Waals surface area (Å²) in [5.74, 6) is -0.0307. The van der Waals surface area contributed by atoms with Crippen LogP contribution in [0.25, 0.3) is 0 Å². The van der Waals surface area contributed by atoms with Gasteiger partial charge in [0.25, 0.3) is 0 Å². The van der Waals surface area contributed by atoms with Crippen LogP contribution < -0.4 is 4.72 Å². The highest BCUT2D eigenvalue weighted by Crippen LogP contribution is 2.32. The van der Waals surface area contributed by atoms with Crippen LogP contribution in [-0.4, -0.2) is 51.9 Å². The smallest absolute Gasteiger partial charge is 0.214 e. The second-order valence-electron chi connectivity index (χ2n) is 5.82. The molecule has 22 heavy (non-hydrogen) atoms. The van der Waals surface area contributed by atoms with E-state index in [1.807, 2.05) is 31.3 Å². The molecule has 0 aliphatic carbocycles. The molecule has 124 valence electrons. The molecule has 1 aromatic carbocycles. The summed E-state index contributed by atoms with van der Waals surface area (Å²) in [6.45, 7) is 2.59. The predicted octanol–water partition coefficient (Wildman–Crippen LogP) is 2.04. The minimum absolute atomic E-state index is 0.0184. The first-order chi connectivity index (χ1) is 10.3. The normalized spacial score (nSPS) is 24.5. The van der Waals surface area contributed by atoms with E-state index in [0.717, 1.165) is 18.5 Å². The van der Waals surface area contributed by atoms with Gasteiger partial charge in [0, 0.05) is 24.7 Å². The molecule has 3 atom stereocenters. The highest BCUT2D eigenvalue weighted by atomic mass is 35.5. The summed E-state index contributed by atoms with van der Waals surface area (Å²) < 4.78 is 32.4. The first kappa shape index (κ1) is 17.7. The standard InChI is InChI=1S/C15H23ClN2O3S/c1-11(21-3)10-22(19,20)17-14-8-9-18(2)15(14)12-4-6-13(16)7-5-12/h4-7,11,14-15,17H,8-10H2,1-3H3/t11-,14+,15-/m1/s1. The van der Waals surface area contributed by atoms with Crippen molar-refractivity contribution < 1.29 is 13.2 Å². The van der Waals surface area contributed by atoms with Crippen molar-refractivity contribution >= 4 is 21.6 Å². The Labute approximate surface area is 137 Å². The molecule has 2 rings (SSSR count). The van der Waals surface area contributed by atoms with Gasteiger partial charge < -0.3 is 4.74 Å². The highest BCUT2D eigenvalue weighted by molar-refractivity contribution is 7.89. The van der Waals surface area contributed by atoms with E-state index in [9.17, 15) is 8.42 Å². The van der Waals surface area contributed by atoms with Gasteiger partial charge in [-0.05, 0) is 38.1 Å². The van der Waals surface area contributed by atoms with Crippen LogP contribution in [0.3, 0.4) is 0 Å². The van der Waals surface area contributed by atoms with E-state index in [-0.39, 0.29) is 23.9 Å². The van der Waals surface area contributed by atoms with Gasteiger partial charge in [-0.3, -0.25) is 4.90 Å². The zero-order valence-electron chi connectivity index (χ0n) is 13.1. The molecule has 1 fully saturated rings. The minimum Gasteiger partial charge on any atom is -0.381 e. The molecule has 0 bridgehead atoms. The Kier molecular flexibility index (Phi) is 5.85. The first-order valence-corrected chi connectivity index (χ1v) is 9.34. The summed E-state index contributed by atoms with van der Waals surface area (Å²) in [6, 6.07) is 7.45. The Bertz CT molecular complexity index is 591. The van der Waals surface area contributed by atoms with Crippen molar-refractivity contribution in [3.05, 3.63) is 34.9 Å². The van der Waals surface area contributed by atoms with Crippen LogP contribution in [-0.2, 0) is 14.8 Å². The Morgan fingerprint density at radius 2 is 2.05 bits per heavy atom. The van der Waals surface area contributed by atoms with Crippen LogP contribution in [0.2, 0.25) is 5.02 Å². The van der Waals surface area contributed by atoms with Crippen molar-refractivity contribution in [2.75, 3.05) is 26.5 Å². The molecule has 1 saturated heterocycles. The van der Waals surface area contributed by atoms with Gasteiger partial charge in [0.1, 0.15) is 0 Å². The van der Waals surface area contributed by atoms with Crippen LogP contribution in [0.15, 0.2) is 24.3 Å². The third kappa shape index (κ3) is 4.43. The van der Waals surface area contributed by atoms with Gasteiger partial charge in [-0.15, -0.1) is 0 Å². The molecule has 1 aromatic rings. The Morgan fingerprint density at radius 1 is 1.41 bits per heavy atom. The third-order valence-corrected chi connectivity index (χ3v) is 5.87. The number of benzene rings is 1. The van der Waals surface area contributed by atoms with Gasteiger partial charge in [-0.2, -0.15) is 0 Å². The summed E-state index contributed by atoms with van der Waals surface area (Å²) in [4.78, 5) is 2.16. The number of nitrogens with one attached hydrogen (secondary N) is 1. The molecule has 1 heterocycles. The topological polar surface area (TPSA) is 58.6 Å². The molecule has 7 heteroatoms. The zero-order valence-corrected chi connectivity index (χ0v) is 14.7. The largest absolute Gasteiger partial charge is 0.381 e. The fourth-order valence-electron chi connectivity index (χ4n) is 2.87. The number of sulfonamides is 1. The molecule has 0 unspecified atom stereocenters. The van der Waals surface area contributed by atoms with E-state index < -0.39 is 10.0 Å². The predicted molar refractivity (Wildman–Crippen MR) is 88.6 cm³/mol. The molecular weight excluding hydrogens is 324 g/mol. The molecule has 1 N–H and O–H groups in total. The highest BCUT2D eigenvalue weighted by Gasteiger charge is 2.35. The number of ether oxygens (including phenoxy) is 1. The van der Waals surface area contributed by atoms with Gasteiger partial charge >= 0.3 is 0 Å². The summed E-state index contributed by atoms with van der Waals surface area (Å²) in [6.07, 6.45) is 0.454. The Hall–Kier alpha value is -0.660. The van der Waals surface area contributed by atoms with Crippen molar-refractivity contribution in [1.82, 2.24) is 9.62 Å². The van der Waals surface area contributed by atoms with Gasteiger partial charge in [-0.25, -0.2) is 13.1 Å². The van der Waals surface area contributed by atoms with Crippen LogP contribution in [0.5, 0.6) is 0 Å². The second kappa shape index (κ2) is 7.27. The van der Waals surface area contributed by atoms with E-state index in [4.69, 9.17) is 16.3 Å². The van der Waals surface area contributed by atoms with E-state index >= 15 is 0 Å². The van der Waals surface area contributed by atoms with E-state index in [2.05, 4.69) is 9.62 Å². The maximum atomic E-state index is 12.3. The lowest BCUT2D eigenvalue weighted by Crippen LogP contribution is -2.41. The minimum atomic E-state index is -3.38. The molecule has 0 radical (unpaired) electrons. The number of rotatable bonds is 6. The van der Waals surface area contributed by atoms with Crippen LogP contribution in [0, 0.1) is 0 Å². The molecule has 5 nitrogen and oxygen atoms in total. The number of likely N-dealkylation sites (N-methyl/N-ethyl adjacent to an activating group) is 1. The van der Waals surface area contributed by atoms with Gasteiger partial charge in [0.15, 0.2) is 0 Å². The SMILES string of the molecule is CO[C@H](C)CS(=O)(=O)N[C@H]1CCN(C)[C@@H]1c1ccc(Cl)cc1. The number of likely N-dealkylation sites (tertiary alicyclic amines) is 1. The van der Waals surface area contributed by atoms with Crippen molar-refractivity contribution in [1.29, 1.82) is 0 Å². The second-order valence-corrected chi connectivity index (χ2v) is 8.05. The number of methoxy groups -OCH3 is 1. The van der Waals surface area contributed by atoms with Crippen molar-refractivity contribution in [3.8, 4) is 0 Å². The van der Waals surface area contributed by atoms with E-state index in [0.29, 0.717) is 5.02 Å². The van der Waals surface area contributed by atoms with Gasteiger partial charge in [-0.1, -0.05) is 23.7 Å². The molecular formula is C15H23ClN2O3S. The van der Waals surface area contributed by atoms with Crippen LogP contribution >= 0.6 is 11.6 Å². The molecule has 0 aromatic heterocycles. The molecule has 1 aliphatic rings. The average Bonchev–Trinajstić information content (AvgIpc) is 2.79. The third-order valence-electron chi connectivity index (χ3n) is 4.05. The number of hydrogen-bond donors (Lipinski definition) is 1.